The van der Waals surface area contributed by atoms with Gasteiger partial charge in [-0.2, -0.15) is 0 Å². The molecule has 1 aromatic carbocycles. The first-order valence-corrected chi connectivity index (χ1v) is 11.7. The van der Waals surface area contributed by atoms with Crippen molar-refractivity contribution in [2.75, 3.05) is 19.8 Å². The van der Waals surface area contributed by atoms with Crippen LogP contribution in [0.25, 0.3) is 0 Å². The molecule has 0 aromatic heterocycles. The summed E-state index contributed by atoms with van der Waals surface area (Å²) in [6.07, 6.45) is -5.88. The van der Waals surface area contributed by atoms with E-state index in [4.69, 9.17) is 33.2 Å². The van der Waals surface area contributed by atoms with E-state index in [-0.39, 0.29) is 6.61 Å². The summed E-state index contributed by atoms with van der Waals surface area (Å²) >= 11 is 0. The number of rotatable bonds is 10. The lowest BCUT2D eigenvalue weighted by Gasteiger charge is -2.45. The van der Waals surface area contributed by atoms with Crippen molar-refractivity contribution in [3.63, 3.8) is 0 Å². The minimum absolute atomic E-state index is 0.293. The standard InChI is InChI=1S/C25H34O11/c1-8-30-19-11-13(3)10-18(21(19)31-9-2)22-24(34-16(6)28)25(35-17(7)29)23(33-15(5)27)20(36-22)12-32-14(4)26/h10-11,20,22-25H,8-9,12H2,1-7H3/t20-,22+,23-,24+,25+/m1/s1. The van der Waals surface area contributed by atoms with Crippen molar-refractivity contribution in [2.45, 2.75) is 79.0 Å². The molecule has 5 atom stereocenters. The SMILES string of the molecule is CCOc1cc(C)cc([C@@H]2O[C@H](COC(C)=O)[C@@H](OC(C)=O)[C@H](OC(C)=O)[C@H]2OC(C)=O)c1OCC. The molecule has 1 fully saturated rings. The second-order valence-electron chi connectivity index (χ2n) is 8.17. The van der Waals surface area contributed by atoms with E-state index < -0.39 is 54.4 Å². The Morgan fingerprint density at radius 3 is 1.86 bits per heavy atom. The van der Waals surface area contributed by atoms with Crippen LogP contribution >= 0.6 is 0 Å². The van der Waals surface area contributed by atoms with Gasteiger partial charge in [0, 0.05) is 33.3 Å². The number of esters is 4. The number of ether oxygens (including phenoxy) is 7. The summed E-state index contributed by atoms with van der Waals surface area (Å²) in [6, 6.07) is 3.57. The Labute approximate surface area is 210 Å². The van der Waals surface area contributed by atoms with Gasteiger partial charge < -0.3 is 33.2 Å². The van der Waals surface area contributed by atoms with Crippen LogP contribution in [0, 0.1) is 6.92 Å². The van der Waals surface area contributed by atoms with Crippen LogP contribution in [0.3, 0.4) is 0 Å². The van der Waals surface area contributed by atoms with Crippen LogP contribution in [0.2, 0.25) is 0 Å². The molecule has 200 valence electrons. The third-order valence-corrected chi connectivity index (χ3v) is 5.11. The van der Waals surface area contributed by atoms with E-state index in [0.717, 1.165) is 5.56 Å². The normalized spacial score (nSPS) is 23.2. The summed E-state index contributed by atoms with van der Waals surface area (Å²) in [5, 5.41) is 0. The quantitative estimate of drug-likeness (QED) is 0.340. The molecule has 0 N–H and O–H groups in total. The monoisotopic (exact) mass is 510 g/mol. The Bertz CT molecular complexity index is 958. The topological polar surface area (TPSA) is 133 Å². The van der Waals surface area contributed by atoms with Crippen LogP contribution in [-0.2, 0) is 42.9 Å². The van der Waals surface area contributed by atoms with Gasteiger partial charge in [-0.25, -0.2) is 0 Å². The first-order valence-electron chi connectivity index (χ1n) is 11.7. The zero-order valence-electron chi connectivity index (χ0n) is 21.7. The number of aryl methyl sites for hydroxylation is 1. The first-order chi connectivity index (χ1) is 17.0. The highest BCUT2D eigenvalue weighted by Crippen LogP contribution is 2.44. The van der Waals surface area contributed by atoms with Crippen LogP contribution in [-0.4, -0.2) is 68.1 Å². The van der Waals surface area contributed by atoms with Gasteiger partial charge in [0.05, 0.1) is 13.2 Å². The van der Waals surface area contributed by atoms with Gasteiger partial charge in [0.1, 0.15) is 18.8 Å². The molecule has 11 heteroatoms. The fourth-order valence-electron chi connectivity index (χ4n) is 4.02. The molecule has 1 aliphatic rings. The van der Waals surface area contributed by atoms with Crippen LogP contribution < -0.4 is 9.47 Å². The van der Waals surface area contributed by atoms with Crippen LogP contribution in [0.1, 0.15) is 58.8 Å². The molecule has 36 heavy (non-hydrogen) atoms. The molecular weight excluding hydrogens is 476 g/mol. The summed E-state index contributed by atoms with van der Waals surface area (Å²) in [7, 11) is 0. The molecule has 0 bridgehead atoms. The van der Waals surface area contributed by atoms with Gasteiger partial charge in [-0.15, -0.1) is 0 Å². The second kappa shape index (κ2) is 13.1. The third-order valence-electron chi connectivity index (χ3n) is 5.11. The lowest BCUT2D eigenvalue weighted by atomic mass is 9.89. The van der Waals surface area contributed by atoms with E-state index in [1.54, 1.807) is 19.1 Å². The summed E-state index contributed by atoms with van der Waals surface area (Å²) in [5.41, 5.74) is 1.25. The maximum atomic E-state index is 12.1. The van der Waals surface area contributed by atoms with Gasteiger partial charge in [-0.1, -0.05) is 0 Å². The Hall–Kier alpha value is -3.34. The van der Waals surface area contributed by atoms with Gasteiger partial charge in [0.2, 0.25) is 0 Å². The van der Waals surface area contributed by atoms with Crippen LogP contribution in [0.4, 0.5) is 0 Å². The molecule has 0 amide bonds. The highest BCUT2D eigenvalue weighted by Gasteiger charge is 2.53. The van der Waals surface area contributed by atoms with Gasteiger partial charge in [0.25, 0.3) is 0 Å². The molecule has 0 spiro atoms. The molecule has 1 saturated heterocycles. The average molecular weight is 511 g/mol. The fraction of sp³-hybridized carbons (Fsp3) is 0.600. The summed E-state index contributed by atoms with van der Waals surface area (Å²) in [5.74, 6) is -1.87. The van der Waals surface area contributed by atoms with E-state index in [1.165, 1.54) is 27.7 Å². The van der Waals surface area contributed by atoms with Gasteiger partial charge in [0.15, 0.2) is 29.8 Å². The maximum absolute atomic E-state index is 12.1. The molecule has 1 heterocycles. The molecule has 0 aliphatic carbocycles. The fourth-order valence-corrected chi connectivity index (χ4v) is 4.02. The Kier molecular flexibility index (Phi) is 10.5. The molecule has 11 nitrogen and oxygen atoms in total. The highest BCUT2D eigenvalue weighted by atomic mass is 16.7. The van der Waals surface area contributed by atoms with Crippen molar-refractivity contribution in [1.82, 2.24) is 0 Å². The van der Waals surface area contributed by atoms with E-state index in [1.807, 2.05) is 13.8 Å². The minimum Gasteiger partial charge on any atom is -0.490 e. The van der Waals surface area contributed by atoms with Crippen molar-refractivity contribution in [3.8, 4) is 11.5 Å². The zero-order chi connectivity index (χ0) is 27.0. The number of carbonyl (C=O) groups excluding carboxylic acids is 4. The van der Waals surface area contributed by atoms with Gasteiger partial charge >= 0.3 is 23.9 Å². The number of hydrogen-bond donors (Lipinski definition) is 0. The predicted octanol–water partition coefficient (Wildman–Crippen LogP) is 2.59. The van der Waals surface area contributed by atoms with E-state index >= 15 is 0 Å². The predicted molar refractivity (Wildman–Crippen MR) is 124 cm³/mol. The Morgan fingerprint density at radius 2 is 1.33 bits per heavy atom. The summed E-state index contributed by atoms with van der Waals surface area (Å²) in [4.78, 5) is 47.7. The van der Waals surface area contributed by atoms with E-state index in [9.17, 15) is 19.2 Å². The average Bonchev–Trinajstić information content (AvgIpc) is 2.76. The molecule has 2 rings (SSSR count). The lowest BCUT2D eigenvalue weighted by molar-refractivity contribution is -0.254. The second-order valence-corrected chi connectivity index (χ2v) is 8.17. The molecule has 0 unspecified atom stereocenters. The maximum Gasteiger partial charge on any atom is 0.303 e. The lowest BCUT2D eigenvalue weighted by Crippen LogP contribution is -2.59. The van der Waals surface area contributed by atoms with Gasteiger partial charge in [-0.3, -0.25) is 19.2 Å². The van der Waals surface area contributed by atoms with Crippen molar-refractivity contribution < 1.29 is 52.3 Å². The van der Waals surface area contributed by atoms with Crippen molar-refractivity contribution in [2.24, 2.45) is 0 Å². The largest absolute Gasteiger partial charge is 0.490 e. The highest BCUT2D eigenvalue weighted by molar-refractivity contribution is 5.69. The van der Waals surface area contributed by atoms with Crippen LogP contribution in [0.15, 0.2) is 12.1 Å². The molecule has 1 aromatic rings. The summed E-state index contributed by atoms with van der Waals surface area (Å²) in [6.45, 7) is 10.6. The molecule has 0 saturated carbocycles. The number of carbonyl (C=O) groups is 4. The van der Waals surface area contributed by atoms with Crippen molar-refractivity contribution >= 4 is 23.9 Å². The van der Waals surface area contributed by atoms with E-state index in [0.29, 0.717) is 30.3 Å². The van der Waals surface area contributed by atoms with E-state index in [2.05, 4.69) is 0 Å². The number of benzene rings is 1. The molecule has 0 radical (unpaired) electrons. The Morgan fingerprint density at radius 1 is 0.778 bits per heavy atom. The van der Waals surface area contributed by atoms with Crippen LogP contribution in [0.5, 0.6) is 11.5 Å². The smallest absolute Gasteiger partial charge is 0.303 e. The molecule has 1 aliphatic heterocycles. The van der Waals surface area contributed by atoms with Crippen molar-refractivity contribution in [3.05, 3.63) is 23.3 Å². The Balaban J connectivity index is 2.74. The van der Waals surface area contributed by atoms with Gasteiger partial charge in [-0.05, 0) is 38.5 Å². The van der Waals surface area contributed by atoms with Crippen molar-refractivity contribution in [1.29, 1.82) is 0 Å². The third kappa shape index (κ3) is 7.58. The number of hydrogen-bond acceptors (Lipinski definition) is 11. The minimum atomic E-state index is -1.28. The zero-order valence-corrected chi connectivity index (χ0v) is 21.7. The summed E-state index contributed by atoms with van der Waals surface area (Å²) < 4.78 is 39.7. The molecular formula is C25H34O11. The first kappa shape index (κ1) is 28.9.